The fraction of sp³-hybridized carbons (Fsp3) is 0.231. The Morgan fingerprint density at radius 2 is 1.75 bits per heavy atom. The Labute approximate surface area is 118 Å². The van der Waals surface area contributed by atoms with Crippen LogP contribution in [0.2, 0.25) is 5.15 Å². The van der Waals surface area contributed by atoms with Gasteiger partial charge in [0, 0.05) is 30.3 Å². The van der Waals surface area contributed by atoms with E-state index in [4.69, 9.17) is 11.6 Å². The van der Waals surface area contributed by atoms with Crippen LogP contribution in [-0.2, 0) is 6.42 Å². The van der Waals surface area contributed by atoms with Crippen molar-refractivity contribution in [3.63, 3.8) is 0 Å². The first kappa shape index (κ1) is 14.6. The zero-order valence-corrected chi connectivity index (χ0v) is 11.3. The molecule has 0 bridgehead atoms. The van der Waals surface area contributed by atoms with Crippen LogP contribution in [0.5, 0.6) is 0 Å². The molecule has 0 saturated carbocycles. The van der Waals surface area contributed by atoms with Gasteiger partial charge >= 0.3 is 0 Å². The van der Waals surface area contributed by atoms with E-state index in [1.165, 1.54) is 6.07 Å². The molecule has 0 aliphatic carbocycles. The van der Waals surface area contributed by atoms with E-state index < -0.39 is 17.5 Å². The maximum Gasteiger partial charge on any atom is 0.194 e. The number of halogens is 4. The predicted molar refractivity (Wildman–Crippen MR) is 70.6 cm³/mol. The highest BCUT2D eigenvalue weighted by atomic mass is 35.5. The van der Waals surface area contributed by atoms with Crippen LogP contribution < -0.4 is 5.32 Å². The maximum absolute atomic E-state index is 13.1. The van der Waals surface area contributed by atoms with E-state index in [1.54, 1.807) is 0 Å². The van der Waals surface area contributed by atoms with Gasteiger partial charge in [0.15, 0.2) is 17.5 Å². The summed E-state index contributed by atoms with van der Waals surface area (Å²) in [5.41, 5.74) is 0.0404. The van der Waals surface area contributed by atoms with Gasteiger partial charge in [-0.2, -0.15) is 0 Å². The summed E-state index contributed by atoms with van der Waals surface area (Å²) in [7, 11) is 0. The van der Waals surface area contributed by atoms with E-state index in [9.17, 15) is 13.2 Å². The monoisotopic (exact) mass is 301 g/mol. The molecule has 0 unspecified atom stereocenters. The molecule has 20 heavy (non-hydrogen) atoms. The van der Waals surface area contributed by atoms with Gasteiger partial charge in [0.25, 0.3) is 0 Å². The minimum absolute atomic E-state index is 0.0404. The first-order valence-corrected chi connectivity index (χ1v) is 6.32. The van der Waals surface area contributed by atoms with Gasteiger partial charge in [-0.1, -0.05) is 18.5 Å². The third-order valence-electron chi connectivity index (χ3n) is 2.47. The quantitative estimate of drug-likeness (QED) is 0.678. The minimum Gasteiger partial charge on any atom is -0.340 e. The summed E-state index contributed by atoms with van der Waals surface area (Å²) >= 11 is 5.84. The third kappa shape index (κ3) is 3.39. The summed E-state index contributed by atoms with van der Waals surface area (Å²) < 4.78 is 39.1. The molecule has 106 valence electrons. The second kappa shape index (κ2) is 6.09. The maximum atomic E-state index is 13.1. The molecule has 0 aliphatic rings. The minimum atomic E-state index is -1.51. The number of hydrogen-bond acceptors (Lipinski definition) is 3. The lowest BCUT2D eigenvalue weighted by Gasteiger charge is -2.08. The standard InChI is InChI=1S/C13H11ClF3N3/c1-2-3-11-19-10(14)6-12(20-11)18-7-4-8(15)13(17)9(16)5-7/h4-6H,2-3H2,1H3,(H,18,19,20). The average molecular weight is 302 g/mol. The van der Waals surface area contributed by atoms with Crippen LogP contribution in [0.1, 0.15) is 19.2 Å². The molecule has 2 rings (SSSR count). The highest BCUT2D eigenvalue weighted by Gasteiger charge is 2.11. The van der Waals surface area contributed by atoms with Crippen LogP contribution in [0.25, 0.3) is 0 Å². The Morgan fingerprint density at radius 3 is 2.35 bits per heavy atom. The highest BCUT2D eigenvalue weighted by molar-refractivity contribution is 6.29. The van der Waals surface area contributed by atoms with Gasteiger partial charge < -0.3 is 5.32 Å². The fourth-order valence-corrected chi connectivity index (χ4v) is 1.84. The Hall–Kier alpha value is -1.82. The Kier molecular flexibility index (Phi) is 4.44. The molecule has 2 aromatic rings. The van der Waals surface area contributed by atoms with Gasteiger partial charge in [-0.25, -0.2) is 23.1 Å². The molecular weight excluding hydrogens is 291 g/mol. The SMILES string of the molecule is CCCc1nc(Cl)cc(Nc2cc(F)c(F)c(F)c2)n1. The van der Waals surface area contributed by atoms with E-state index in [1.807, 2.05) is 6.92 Å². The highest BCUT2D eigenvalue weighted by Crippen LogP contribution is 2.22. The van der Waals surface area contributed by atoms with Crippen molar-refractivity contribution in [2.75, 3.05) is 5.32 Å². The van der Waals surface area contributed by atoms with Crippen LogP contribution in [-0.4, -0.2) is 9.97 Å². The van der Waals surface area contributed by atoms with Crippen molar-refractivity contribution >= 4 is 23.1 Å². The molecule has 1 heterocycles. The van der Waals surface area contributed by atoms with Crippen LogP contribution >= 0.6 is 11.6 Å². The second-order valence-corrected chi connectivity index (χ2v) is 4.51. The van der Waals surface area contributed by atoms with E-state index in [0.29, 0.717) is 18.1 Å². The van der Waals surface area contributed by atoms with E-state index in [2.05, 4.69) is 15.3 Å². The number of hydrogen-bond donors (Lipinski definition) is 1. The average Bonchev–Trinajstić information content (AvgIpc) is 2.35. The molecule has 0 atom stereocenters. The molecular formula is C13H11ClF3N3. The molecule has 0 spiro atoms. The van der Waals surface area contributed by atoms with Crippen molar-refractivity contribution in [3.8, 4) is 0 Å². The molecule has 7 heteroatoms. The van der Waals surface area contributed by atoms with Crippen molar-refractivity contribution in [2.45, 2.75) is 19.8 Å². The summed E-state index contributed by atoms with van der Waals surface area (Å²) in [6.07, 6.45) is 1.46. The van der Waals surface area contributed by atoms with E-state index in [0.717, 1.165) is 18.6 Å². The topological polar surface area (TPSA) is 37.8 Å². The molecule has 0 radical (unpaired) electrons. The first-order valence-electron chi connectivity index (χ1n) is 5.94. The molecule has 1 N–H and O–H groups in total. The fourth-order valence-electron chi connectivity index (χ4n) is 1.64. The Balaban J connectivity index is 2.30. The van der Waals surface area contributed by atoms with Gasteiger partial charge in [-0.05, 0) is 6.42 Å². The van der Waals surface area contributed by atoms with E-state index >= 15 is 0 Å². The zero-order valence-electron chi connectivity index (χ0n) is 10.6. The molecule has 0 amide bonds. The summed E-state index contributed by atoms with van der Waals surface area (Å²) in [4.78, 5) is 8.18. The van der Waals surface area contributed by atoms with Crippen molar-refractivity contribution in [2.24, 2.45) is 0 Å². The number of aromatic nitrogens is 2. The van der Waals surface area contributed by atoms with Crippen molar-refractivity contribution in [1.29, 1.82) is 0 Å². The van der Waals surface area contributed by atoms with Crippen molar-refractivity contribution in [1.82, 2.24) is 9.97 Å². The van der Waals surface area contributed by atoms with Gasteiger partial charge in [0.05, 0.1) is 0 Å². The van der Waals surface area contributed by atoms with Crippen LogP contribution in [0.3, 0.4) is 0 Å². The van der Waals surface area contributed by atoms with E-state index in [-0.39, 0.29) is 10.8 Å². The number of aryl methyl sites for hydroxylation is 1. The van der Waals surface area contributed by atoms with Crippen molar-refractivity contribution in [3.05, 3.63) is 46.6 Å². The summed E-state index contributed by atoms with van der Waals surface area (Å²) in [5.74, 6) is -3.25. The first-order chi connectivity index (χ1) is 9.49. The lowest BCUT2D eigenvalue weighted by atomic mass is 10.3. The molecule has 0 fully saturated rings. The van der Waals surface area contributed by atoms with Crippen molar-refractivity contribution < 1.29 is 13.2 Å². The normalized spacial score (nSPS) is 10.7. The van der Waals surface area contributed by atoms with Gasteiger partial charge in [-0.15, -0.1) is 0 Å². The summed E-state index contributed by atoms with van der Waals surface area (Å²) in [5, 5.41) is 2.89. The summed E-state index contributed by atoms with van der Waals surface area (Å²) in [6.45, 7) is 1.96. The Morgan fingerprint density at radius 1 is 1.10 bits per heavy atom. The number of anilines is 2. The molecule has 0 aliphatic heterocycles. The van der Waals surface area contributed by atoms with Crippen LogP contribution in [0.4, 0.5) is 24.7 Å². The third-order valence-corrected chi connectivity index (χ3v) is 2.66. The number of nitrogens with zero attached hydrogens (tertiary/aromatic N) is 2. The zero-order chi connectivity index (χ0) is 14.7. The van der Waals surface area contributed by atoms with Crippen LogP contribution in [0.15, 0.2) is 18.2 Å². The smallest absolute Gasteiger partial charge is 0.194 e. The summed E-state index contributed by atoms with van der Waals surface area (Å²) in [6, 6.07) is 3.10. The largest absolute Gasteiger partial charge is 0.340 e. The van der Waals surface area contributed by atoms with Gasteiger partial charge in [0.2, 0.25) is 0 Å². The molecule has 1 aromatic carbocycles. The second-order valence-electron chi connectivity index (χ2n) is 4.12. The van der Waals surface area contributed by atoms with Gasteiger partial charge in [-0.3, -0.25) is 0 Å². The predicted octanol–water partition coefficient (Wildman–Crippen LogP) is 4.24. The number of nitrogens with one attached hydrogen (secondary N) is 1. The molecule has 1 aromatic heterocycles. The molecule has 3 nitrogen and oxygen atoms in total. The van der Waals surface area contributed by atoms with Gasteiger partial charge in [0.1, 0.15) is 16.8 Å². The Bertz CT molecular complexity index is 611. The number of benzene rings is 1. The molecule has 0 saturated heterocycles. The lowest BCUT2D eigenvalue weighted by Crippen LogP contribution is -2.02. The lowest BCUT2D eigenvalue weighted by molar-refractivity contribution is 0.448. The number of rotatable bonds is 4. The van der Waals surface area contributed by atoms with Crippen LogP contribution in [0, 0.1) is 17.5 Å².